The molecule has 0 fully saturated rings. The largest absolute Gasteiger partial charge is 0.497 e. The molecule has 4 nitrogen and oxygen atoms in total. The van der Waals surface area contributed by atoms with E-state index in [0.29, 0.717) is 24.2 Å². The van der Waals surface area contributed by atoms with Crippen molar-refractivity contribution in [3.63, 3.8) is 0 Å². The third kappa shape index (κ3) is 4.45. The van der Waals surface area contributed by atoms with Crippen LogP contribution in [0.1, 0.15) is 22.3 Å². The van der Waals surface area contributed by atoms with E-state index in [0.717, 1.165) is 11.3 Å². The van der Waals surface area contributed by atoms with E-state index in [1.165, 1.54) is 24.3 Å². The molecule has 0 spiro atoms. The number of hydrogen-bond acceptors (Lipinski definition) is 4. The monoisotopic (exact) mass is 351 g/mol. The number of ketones is 1. The van der Waals surface area contributed by atoms with E-state index in [-0.39, 0.29) is 17.5 Å². The number of Topliss-reactive ketones (excluding diaryl/α,β-unsaturated/α-hetero) is 1. The minimum absolute atomic E-state index is 0.0639. The van der Waals surface area contributed by atoms with E-state index in [2.05, 4.69) is 4.98 Å². The van der Waals surface area contributed by atoms with Crippen LogP contribution >= 0.6 is 0 Å². The van der Waals surface area contributed by atoms with E-state index >= 15 is 0 Å². The number of benzene rings is 2. The summed E-state index contributed by atoms with van der Waals surface area (Å²) >= 11 is 0. The minimum Gasteiger partial charge on any atom is -0.497 e. The van der Waals surface area contributed by atoms with Crippen molar-refractivity contribution in [3.8, 4) is 17.4 Å². The van der Waals surface area contributed by atoms with Crippen molar-refractivity contribution in [2.24, 2.45) is 0 Å². The molecule has 0 N–H and O–H groups in total. The minimum atomic E-state index is -0.353. The van der Waals surface area contributed by atoms with Gasteiger partial charge in [0.1, 0.15) is 17.3 Å². The lowest BCUT2D eigenvalue weighted by atomic mass is 10.0. The van der Waals surface area contributed by atoms with Gasteiger partial charge in [-0.05, 0) is 60.5 Å². The Balaban J connectivity index is 1.69. The van der Waals surface area contributed by atoms with Crippen molar-refractivity contribution in [2.45, 2.75) is 12.8 Å². The molecule has 1 aromatic heterocycles. The zero-order chi connectivity index (χ0) is 18.4. The predicted molar refractivity (Wildman–Crippen MR) is 96.4 cm³/mol. The van der Waals surface area contributed by atoms with Gasteiger partial charge in [0.2, 0.25) is 5.88 Å². The second-order valence-electron chi connectivity index (χ2n) is 5.68. The number of methoxy groups -OCH3 is 1. The highest BCUT2D eigenvalue weighted by molar-refractivity contribution is 5.98. The van der Waals surface area contributed by atoms with Crippen molar-refractivity contribution in [2.75, 3.05) is 7.11 Å². The first-order valence-corrected chi connectivity index (χ1v) is 8.20. The molecular weight excluding hydrogens is 333 g/mol. The summed E-state index contributed by atoms with van der Waals surface area (Å²) < 4.78 is 23.8. The zero-order valence-corrected chi connectivity index (χ0v) is 14.3. The summed E-state index contributed by atoms with van der Waals surface area (Å²) in [5, 5.41) is 0. The molecule has 132 valence electrons. The van der Waals surface area contributed by atoms with Crippen LogP contribution in [0.25, 0.3) is 0 Å². The molecule has 0 aliphatic rings. The standard InChI is InChI=1S/C21H18FNO3/c1-25-17-9-4-15(5-10-17)6-13-20(24)19-3-2-14-23-21(19)26-18-11-7-16(22)8-12-18/h2-5,7-12,14H,6,13H2,1H3. The molecule has 1 heterocycles. The highest BCUT2D eigenvalue weighted by atomic mass is 19.1. The lowest BCUT2D eigenvalue weighted by Crippen LogP contribution is -2.05. The first-order chi connectivity index (χ1) is 12.7. The third-order valence-electron chi connectivity index (χ3n) is 3.90. The molecule has 3 rings (SSSR count). The van der Waals surface area contributed by atoms with Crippen molar-refractivity contribution >= 4 is 5.78 Å². The predicted octanol–water partition coefficient (Wildman–Crippen LogP) is 4.84. The fourth-order valence-corrected chi connectivity index (χ4v) is 2.48. The van der Waals surface area contributed by atoms with Gasteiger partial charge in [-0.25, -0.2) is 9.37 Å². The number of halogens is 1. The van der Waals surface area contributed by atoms with Crippen LogP contribution in [0, 0.1) is 5.82 Å². The molecule has 0 bridgehead atoms. The van der Waals surface area contributed by atoms with Crippen molar-refractivity contribution < 1.29 is 18.7 Å². The number of carbonyl (C=O) groups excluding carboxylic acids is 1. The Bertz CT molecular complexity index is 877. The van der Waals surface area contributed by atoms with Crippen LogP contribution in [0.2, 0.25) is 0 Å². The average Bonchev–Trinajstić information content (AvgIpc) is 2.68. The Morgan fingerprint density at radius 3 is 2.38 bits per heavy atom. The summed E-state index contributed by atoms with van der Waals surface area (Å²) in [6.45, 7) is 0. The van der Waals surface area contributed by atoms with Gasteiger partial charge in [0.25, 0.3) is 0 Å². The van der Waals surface area contributed by atoms with Gasteiger partial charge in [0.15, 0.2) is 5.78 Å². The second-order valence-corrected chi connectivity index (χ2v) is 5.68. The smallest absolute Gasteiger partial charge is 0.230 e. The molecule has 0 saturated heterocycles. The highest BCUT2D eigenvalue weighted by Crippen LogP contribution is 2.24. The number of rotatable bonds is 7. The first kappa shape index (κ1) is 17.6. The maximum Gasteiger partial charge on any atom is 0.230 e. The topological polar surface area (TPSA) is 48.4 Å². The molecule has 0 atom stereocenters. The van der Waals surface area contributed by atoms with Crippen molar-refractivity contribution in [1.82, 2.24) is 4.98 Å². The normalized spacial score (nSPS) is 10.4. The molecule has 5 heteroatoms. The molecule has 0 aliphatic heterocycles. The van der Waals surface area contributed by atoms with Crippen LogP contribution in [0.3, 0.4) is 0 Å². The van der Waals surface area contributed by atoms with Crippen LogP contribution in [-0.2, 0) is 6.42 Å². The Kier molecular flexibility index (Phi) is 5.59. The lowest BCUT2D eigenvalue weighted by Gasteiger charge is -2.09. The molecule has 2 aromatic carbocycles. The summed E-state index contributed by atoms with van der Waals surface area (Å²) in [5.41, 5.74) is 1.45. The lowest BCUT2D eigenvalue weighted by molar-refractivity contribution is 0.0980. The number of aryl methyl sites for hydroxylation is 1. The summed E-state index contributed by atoms with van der Waals surface area (Å²) in [6.07, 6.45) is 2.49. The molecule has 0 radical (unpaired) electrons. The Morgan fingerprint density at radius 2 is 1.69 bits per heavy atom. The van der Waals surface area contributed by atoms with Gasteiger partial charge in [-0.15, -0.1) is 0 Å². The van der Waals surface area contributed by atoms with Gasteiger partial charge in [0, 0.05) is 12.6 Å². The number of aromatic nitrogens is 1. The fraction of sp³-hybridized carbons (Fsp3) is 0.143. The van der Waals surface area contributed by atoms with Crippen molar-refractivity contribution in [3.05, 3.63) is 83.8 Å². The molecule has 26 heavy (non-hydrogen) atoms. The van der Waals surface area contributed by atoms with Gasteiger partial charge >= 0.3 is 0 Å². The first-order valence-electron chi connectivity index (χ1n) is 8.20. The van der Waals surface area contributed by atoms with Crippen LogP contribution in [0.4, 0.5) is 4.39 Å². The maximum atomic E-state index is 13.0. The number of carbonyl (C=O) groups is 1. The van der Waals surface area contributed by atoms with E-state index in [4.69, 9.17) is 9.47 Å². The fourth-order valence-electron chi connectivity index (χ4n) is 2.48. The van der Waals surface area contributed by atoms with Crippen LogP contribution in [-0.4, -0.2) is 17.9 Å². The quantitative estimate of drug-likeness (QED) is 0.572. The number of hydrogen-bond donors (Lipinski definition) is 0. The Morgan fingerprint density at radius 1 is 1.00 bits per heavy atom. The molecule has 0 amide bonds. The van der Waals surface area contributed by atoms with E-state index in [1.54, 1.807) is 25.4 Å². The van der Waals surface area contributed by atoms with E-state index in [1.807, 2.05) is 24.3 Å². The number of pyridine rings is 1. The summed E-state index contributed by atoms with van der Waals surface area (Å²) in [4.78, 5) is 16.7. The zero-order valence-electron chi connectivity index (χ0n) is 14.3. The van der Waals surface area contributed by atoms with Crippen LogP contribution < -0.4 is 9.47 Å². The molecule has 0 saturated carbocycles. The molecular formula is C21H18FNO3. The van der Waals surface area contributed by atoms with Gasteiger partial charge < -0.3 is 9.47 Å². The molecule has 0 unspecified atom stereocenters. The summed E-state index contributed by atoms with van der Waals surface area (Å²) in [6, 6.07) is 16.6. The Labute approximate surface area is 151 Å². The number of nitrogens with zero attached hydrogens (tertiary/aromatic N) is 1. The van der Waals surface area contributed by atoms with Gasteiger partial charge in [-0.2, -0.15) is 0 Å². The van der Waals surface area contributed by atoms with Crippen molar-refractivity contribution in [1.29, 1.82) is 0 Å². The van der Waals surface area contributed by atoms with Crippen LogP contribution in [0.5, 0.6) is 17.4 Å². The highest BCUT2D eigenvalue weighted by Gasteiger charge is 2.14. The van der Waals surface area contributed by atoms with Gasteiger partial charge in [-0.3, -0.25) is 4.79 Å². The van der Waals surface area contributed by atoms with E-state index < -0.39 is 0 Å². The Hall–Kier alpha value is -3.21. The third-order valence-corrected chi connectivity index (χ3v) is 3.90. The molecule has 3 aromatic rings. The van der Waals surface area contributed by atoms with E-state index in [9.17, 15) is 9.18 Å². The summed E-state index contributed by atoms with van der Waals surface area (Å²) in [5.74, 6) is 1.01. The average molecular weight is 351 g/mol. The maximum absolute atomic E-state index is 13.0. The van der Waals surface area contributed by atoms with Gasteiger partial charge in [0.05, 0.1) is 12.7 Å². The number of ether oxygens (including phenoxy) is 2. The van der Waals surface area contributed by atoms with Gasteiger partial charge in [-0.1, -0.05) is 12.1 Å². The molecule has 0 aliphatic carbocycles. The SMILES string of the molecule is COc1ccc(CCC(=O)c2cccnc2Oc2ccc(F)cc2)cc1. The van der Waals surface area contributed by atoms with Crippen LogP contribution in [0.15, 0.2) is 66.9 Å². The second kappa shape index (κ2) is 8.25. The summed E-state index contributed by atoms with van der Waals surface area (Å²) in [7, 11) is 1.61.